The molecule has 1 heterocycles. The molecule has 96 valence electrons. The summed E-state index contributed by atoms with van der Waals surface area (Å²) in [6.45, 7) is 2.56. The number of nitrogens with zero attached hydrogens (tertiary/aromatic N) is 1. The fourth-order valence-corrected chi connectivity index (χ4v) is 2.10. The predicted molar refractivity (Wildman–Crippen MR) is 70.7 cm³/mol. The molecular formula is C13H15ClN2O2. The quantitative estimate of drug-likeness (QED) is 0.895. The summed E-state index contributed by atoms with van der Waals surface area (Å²) in [5.41, 5.74) is 0.554. The second-order valence-electron chi connectivity index (χ2n) is 4.37. The van der Waals surface area contributed by atoms with Crippen LogP contribution in [-0.2, 0) is 4.79 Å². The number of hydrogen-bond donors (Lipinski definition) is 1. The van der Waals surface area contributed by atoms with E-state index in [0.29, 0.717) is 23.7 Å². The van der Waals surface area contributed by atoms with Crippen molar-refractivity contribution in [3.05, 3.63) is 29.3 Å². The lowest BCUT2D eigenvalue weighted by atomic mass is 10.0. The van der Waals surface area contributed by atoms with E-state index in [0.717, 1.165) is 6.42 Å². The molecule has 3 amide bonds. The molecule has 0 radical (unpaired) electrons. The van der Waals surface area contributed by atoms with Crippen molar-refractivity contribution >= 4 is 29.2 Å². The second-order valence-corrected chi connectivity index (χ2v) is 4.81. The fraction of sp³-hybridized carbons (Fsp3) is 0.385. The van der Waals surface area contributed by atoms with Gasteiger partial charge >= 0.3 is 6.03 Å². The lowest BCUT2D eigenvalue weighted by Gasteiger charge is -2.18. The molecule has 5 heteroatoms. The minimum Gasteiger partial charge on any atom is -0.337 e. The zero-order valence-corrected chi connectivity index (χ0v) is 10.9. The summed E-state index contributed by atoms with van der Waals surface area (Å²) in [5.74, 6) is 0.0397. The monoisotopic (exact) mass is 266 g/mol. The Hall–Kier alpha value is -1.55. The van der Waals surface area contributed by atoms with Crippen molar-refractivity contribution in [1.82, 2.24) is 5.32 Å². The molecule has 1 aromatic rings. The van der Waals surface area contributed by atoms with Crippen molar-refractivity contribution in [2.75, 3.05) is 11.4 Å². The van der Waals surface area contributed by atoms with Gasteiger partial charge < -0.3 is 5.32 Å². The van der Waals surface area contributed by atoms with E-state index in [4.69, 9.17) is 11.6 Å². The topological polar surface area (TPSA) is 49.4 Å². The molecule has 1 saturated heterocycles. The Kier molecular flexibility index (Phi) is 3.87. The number of hydrogen-bond acceptors (Lipinski definition) is 2. The molecule has 0 spiro atoms. The number of rotatable bonds is 2. The van der Waals surface area contributed by atoms with Crippen LogP contribution in [0.1, 0.15) is 19.8 Å². The molecule has 1 aliphatic heterocycles. The van der Waals surface area contributed by atoms with Crippen LogP contribution in [0.5, 0.6) is 0 Å². The highest BCUT2D eigenvalue weighted by Gasteiger charge is 2.29. The minimum atomic E-state index is -0.363. The van der Waals surface area contributed by atoms with E-state index >= 15 is 0 Å². The fourth-order valence-electron chi connectivity index (χ4n) is 1.97. The number of urea groups is 1. The number of nitrogens with one attached hydrogen (secondary N) is 1. The molecule has 4 nitrogen and oxygen atoms in total. The molecular weight excluding hydrogens is 252 g/mol. The Morgan fingerprint density at radius 2 is 2.00 bits per heavy atom. The SMILES string of the molecule is CCC1CNC(=O)N(c2ccc(Cl)cc2)C(=O)C1. The maximum absolute atomic E-state index is 12.1. The number of carbonyl (C=O) groups is 2. The minimum absolute atomic E-state index is 0.167. The average Bonchev–Trinajstić information content (AvgIpc) is 2.50. The Labute approximate surface area is 111 Å². The second kappa shape index (κ2) is 5.40. The molecule has 1 atom stereocenters. The van der Waals surface area contributed by atoms with Crippen molar-refractivity contribution in [1.29, 1.82) is 0 Å². The van der Waals surface area contributed by atoms with Crippen LogP contribution >= 0.6 is 11.6 Å². The van der Waals surface area contributed by atoms with Gasteiger partial charge in [-0.2, -0.15) is 0 Å². The number of imide groups is 1. The lowest BCUT2D eigenvalue weighted by Crippen LogP contribution is -2.41. The maximum Gasteiger partial charge on any atom is 0.328 e. The summed E-state index contributed by atoms with van der Waals surface area (Å²) in [7, 11) is 0. The smallest absolute Gasteiger partial charge is 0.328 e. The van der Waals surface area contributed by atoms with Gasteiger partial charge in [-0.05, 0) is 30.2 Å². The summed E-state index contributed by atoms with van der Waals surface area (Å²) < 4.78 is 0. The molecule has 2 rings (SSSR count). The largest absolute Gasteiger partial charge is 0.337 e. The molecule has 1 aromatic carbocycles. The third kappa shape index (κ3) is 2.64. The van der Waals surface area contributed by atoms with Gasteiger partial charge in [-0.3, -0.25) is 4.79 Å². The van der Waals surface area contributed by atoms with E-state index in [1.807, 2.05) is 6.92 Å². The van der Waals surface area contributed by atoms with Gasteiger partial charge in [-0.25, -0.2) is 9.69 Å². The zero-order chi connectivity index (χ0) is 13.1. The van der Waals surface area contributed by atoms with Gasteiger partial charge in [0.2, 0.25) is 5.91 Å². The molecule has 0 saturated carbocycles. The number of anilines is 1. The van der Waals surface area contributed by atoms with Crippen molar-refractivity contribution in [2.45, 2.75) is 19.8 Å². The van der Waals surface area contributed by atoms with E-state index in [-0.39, 0.29) is 17.9 Å². The first-order chi connectivity index (χ1) is 8.61. The number of halogens is 1. The van der Waals surface area contributed by atoms with Crippen molar-refractivity contribution in [3.63, 3.8) is 0 Å². The van der Waals surface area contributed by atoms with Crippen LogP contribution in [0.4, 0.5) is 10.5 Å². The molecule has 0 aromatic heterocycles. The van der Waals surface area contributed by atoms with Crippen LogP contribution in [0.25, 0.3) is 0 Å². The molecule has 1 unspecified atom stereocenters. The van der Waals surface area contributed by atoms with Crippen LogP contribution in [0.2, 0.25) is 5.02 Å². The summed E-state index contributed by atoms with van der Waals surface area (Å²) in [6.07, 6.45) is 1.26. The molecule has 0 bridgehead atoms. The van der Waals surface area contributed by atoms with Gasteiger partial charge in [0.05, 0.1) is 5.69 Å². The van der Waals surface area contributed by atoms with Crippen LogP contribution in [-0.4, -0.2) is 18.5 Å². The summed E-state index contributed by atoms with van der Waals surface area (Å²) in [4.78, 5) is 25.2. The van der Waals surface area contributed by atoms with E-state index in [9.17, 15) is 9.59 Å². The Bertz CT molecular complexity index is 459. The maximum atomic E-state index is 12.1. The van der Waals surface area contributed by atoms with Crippen molar-refractivity contribution in [3.8, 4) is 0 Å². The van der Waals surface area contributed by atoms with Crippen LogP contribution < -0.4 is 10.2 Å². The van der Waals surface area contributed by atoms with E-state index in [1.165, 1.54) is 4.90 Å². The van der Waals surface area contributed by atoms with Gasteiger partial charge in [0, 0.05) is 18.0 Å². The van der Waals surface area contributed by atoms with Gasteiger partial charge in [0.25, 0.3) is 0 Å². The zero-order valence-electron chi connectivity index (χ0n) is 10.1. The van der Waals surface area contributed by atoms with E-state index in [2.05, 4.69) is 5.32 Å². The van der Waals surface area contributed by atoms with Gasteiger partial charge in [-0.15, -0.1) is 0 Å². The van der Waals surface area contributed by atoms with Gasteiger partial charge in [0.15, 0.2) is 0 Å². The van der Waals surface area contributed by atoms with Crippen LogP contribution in [0.3, 0.4) is 0 Å². The number of carbonyl (C=O) groups excluding carboxylic acids is 2. The Morgan fingerprint density at radius 1 is 1.33 bits per heavy atom. The normalized spacial score (nSPS) is 20.6. The molecule has 0 aliphatic carbocycles. The third-order valence-corrected chi connectivity index (χ3v) is 3.37. The Balaban J connectivity index is 2.27. The van der Waals surface area contributed by atoms with Crippen molar-refractivity contribution < 1.29 is 9.59 Å². The highest BCUT2D eigenvalue weighted by atomic mass is 35.5. The summed E-state index contributed by atoms with van der Waals surface area (Å²) in [5, 5.41) is 3.35. The first-order valence-electron chi connectivity index (χ1n) is 5.98. The van der Waals surface area contributed by atoms with E-state index in [1.54, 1.807) is 24.3 Å². The standard InChI is InChI=1S/C13H15ClN2O2/c1-2-9-7-12(17)16(13(18)15-8-9)11-5-3-10(14)4-6-11/h3-6,9H,2,7-8H2,1H3,(H,15,18). The Morgan fingerprint density at radius 3 is 2.61 bits per heavy atom. The van der Waals surface area contributed by atoms with Crippen molar-refractivity contribution in [2.24, 2.45) is 5.92 Å². The molecule has 1 aliphatic rings. The van der Waals surface area contributed by atoms with Crippen LogP contribution in [0.15, 0.2) is 24.3 Å². The predicted octanol–water partition coefficient (Wildman–Crippen LogP) is 2.81. The molecule has 1 fully saturated rings. The van der Waals surface area contributed by atoms with Crippen LogP contribution in [0, 0.1) is 5.92 Å². The highest BCUT2D eigenvalue weighted by molar-refractivity contribution is 6.30. The average molecular weight is 267 g/mol. The van der Waals surface area contributed by atoms with Gasteiger partial charge in [0.1, 0.15) is 0 Å². The third-order valence-electron chi connectivity index (χ3n) is 3.12. The summed E-state index contributed by atoms with van der Waals surface area (Å²) in [6, 6.07) is 6.32. The highest BCUT2D eigenvalue weighted by Crippen LogP contribution is 2.22. The number of benzene rings is 1. The first-order valence-corrected chi connectivity index (χ1v) is 6.36. The lowest BCUT2D eigenvalue weighted by molar-refractivity contribution is -0.118. The molecule has 1 N–H and O–H groups in total. The molecule has 18 heavy (non-hydrogen) atoms. The van der Waals surface area contributed by atoms with Gasteiger partial charge in [-0.1, -0.05) is 24.9 Å². The summed E-state index contributed by atoms with van der Waals surface area (Å²) >= 11 is 5.80. The van der Waals surface area contributed by atoms with E-state index < -0.39 is 0 Å². The first kappa shape index (κ1) is 12.9. The number of amides is 3.